The molecule has 1 aromatic carbocycles. The number of thiocarbonyl (C=S) groups is 1. The van der Waals surface area contributed by atoms with E-state index in [1.54, 1.807) is 18.3 Å². The average molecular weight is 492 g/mol. The molecule has 7 heteroatoms. The van der Waals surface area contributed by atoms with Gasteiger partial charge in [0.25, 0.3) is 0 Å². The molecule has 3 heterocycles. The van der Waals surface area contributed by atoms with Crippen LogP contribution in [0.1, 0.15) is 34.7 Å². The Balaban J connectivity index is 1.89. The third-order valence-corrected chi connectivity index (χ3v) is 6.55. The number of halogens is 2. The summed E-state index contributed by atoms with van der Waals surface area (Å²) in [6, 6.07) is 12.1. The predicted molar refractivity (Wildman–Crippen MR) is 117 cm³/mol. The Morgan fingerprint density at radius 3 is 2.44 bits per heavy atom. The highest BCUT2D eigenvalue weighted by Gasteiger charge is 2.42. The van der Waals surface area contributed by atoms with Crippen molar-refractivity contribution in [1.82, 2.24) is 15.3 Å². The Morgan fingerprint density at radius 1 is 1.11 bits per heavy atom. The van der Waals surface area contributed by atoms with Gasteiger partial charge in [0.1, 0.15) is 5.82 Å². The Kier molecular flexibility index (Phi) is 4.90. The van der Waals surface area contributed by atoms with Crippen LogP contribution in [0.15, 0.2) is 48.7 Å². The molecule has 2 N–H and O–H groups in total. The first-order valence-corrected chi connectivity index (χ1v) is 10.1. The van der Waals surface area contributed by atoms with E-state index in [1.165, 1.54) is 21.3 Å². The lowest BCUT2D eigenvalue weighted by Gasteiger charge is -2.28. The third-order valence-electron chi connectivity index (χ3n) is 4.84. The van der Waals surface area contributed by atoms with E-state index in [0.717, 1.165) is 22.8 Å². The van der Waals surface area contributed by atoms with Crippen LogP contribution >= 0.6 is 34.8 Å². The molecular formula is C20H18FIN4S. The number of benzene rings is 1. The number of rotatable bonds is 3. The second-order valence-corrected chi connectivity index (χ2v) is 8.04. The minimum Gasteiger partial charge on any atom is -0.362 e. The summed E-state index contributed by atoms with van der Waals surface area (Å²) in [5.74, 6) is -0.266. The van der Waals surface area contributed by atoms with Gasteiger partial charge in [-0.2, -0.15) is 0 Å². The molecular weight excluding hydrogens is 474 g/mol. The molecule has 0 radical (unpaired) electrons. The summed E-state index contributed by atoms with van der Waals surface area (Å²) in [6.07, 6.45) is 1.79. The number of nitrogens with zero attached hydrogens (tertiary/aromatic N) is 2. The maximum absolute atomic E-state index is 13.5. The van der Waals surface area contributed by atoms with Crippen molar-refractivity contribution >= 4 is 45.6 Å². The number of pyridine rings is 1. The molecule has 1 fully saturated rings. The number of anilines is 1. The van der Waals surface area contributed by atoms with E-state index in [1.807, 2.05) is 18.2 Å². The highest BCUT2D eigenvalue weighted by molar-refractivity contribution is 14.1. The molecule has 0 aliphatic carbocycles. The quantitative estimate of drug-likeness (QED) is 0.402. The predicted octanol–water partition coefficient (Wildman–Crippen LogP) is 4.95. The monoisotopic (exact) mass is 492 g/mol. The minimum atomic E-state index is -0.266. The van der Waals surface area contributed by atoms with Gasteiger partial charge in [0.05, 0.1) is 17.8 Å². The molecule has 0 spiro atoms. The fraction of sp³-hybridized carbons (Fsp3) is 0.200. The standard InChI is InChI=1S/C20H18FIN4S/c1-11-16(17(22)12(2)24-11)19-18(15-5-3-4-10-23-15)25-20(27)26(19)14-8-6-13(21)7-9-14/h3-10,18-19,24H,1-2H3,(H,25,27)/t18-,19-/m0/s1. The first-order valence-electron chi connectivity index (χ1n) is 8.58. The number of aromatic nitrogens is 2. The SMILES string of the molecule is Cc1[nH]c(C)c([C@H]2[C@H](c3ccccn3)NC(=S)N2c2ccc(F)cc2)c1I. The summed E-state index contributed by atoms with van der Waals surface area (Å²) in [6.45, 7) is 4.14. The van der Waals surface area contributed by atoms with E-state index < -0.39 is 0 Å². The fourth-order valence-electron chi connectivity index (χ4n) is 3.65. The molecule has 0 unspecified atom stereocenters. The van der Waals surface area contributed by atoms with Crippen LogP contribution in [-0.4, -0.2) is 15.1 Å². The number of aryl methyl sites for hydroxylation is 2. The van der Waals surface area contributed by atoms with E-state index in [-0.39, 0.29) is 17.9 Å². The second kappa shape index (κ2) is 7.20. The second-order valence-electron chi connectivity index (χ2n) is 6.58. The summed E-state index contributed by atoms with van der Waals surface area (Å²) in [4.78, 5) is 10.1. The average Bonchev–Trinajstić information content (AvgIpc) is 3.12. The van der Waals surface area contributed by atoms with Crippen molar-refractivity contribution in [3.05, 3.63) is 80.7 Å². The van der Waals surface area contributed by atoms with Crippen LogP contribution < -0.4 is 10.2 Å². The molecule has 0 saturated carbocycles. The van der Waals surface area contributed by atoms with Crippen molar-refractivity contribution in [3.8, 4) is 0 Å². The smallest absolute Gasteiger partial charge is 0.174 e. The highest BCUT2D eigenvalue weighted by Crippen LogP contribution is 2.44. The Labute approximate surface area is 176 Å². The van der Waals surface area contributed by atoms with Crippen LogP contribution in [0.4, 0.5) is 10.1 Å². The summed E-state index contributed by atoms with van der Waals surface area (Å²) < 4.78 is 14.7. The van der Waals surface area contributed by atoms with Crippen LogP contribution in [0.3, 0.4) is 0 Å². The molecule has 1 aliphatic heterocycles. The van der Waals surface area contributed by atoms with Crippen molar-refractivity contribution < 1.29 is 4.39 Å². The molecule has 4 rings (SSSR count). The third kappa shape index (κ3) is 3.23. The van der Waals surface area contributed by atoms with Crippen LogP contribution in [0.25, 0.3) is 0 Å². The Morgan fingerprint density at radius 2 is 1.85 bits per heavy atom. The van der Waals surface area contributed by atoms with Crippen molar-refractivity contribution in [2.75, 3.05) is 4.90 Å². The maximum atomic E-state index is 13.5. The summed E-state index contributed by atoms with van der Waals surface area (Å²) in [7, 11) is 0. The molecule has 0 bridgehead atoms. The fourth-order valence-corrected chi connectivity index (χ4v) is 4.85. The van der Waals surface area contributed by atoms with Gasteiger partial charge in [-0.15, -0.1) is 0 Å². The van der Waals surface area contributed by atoms with Crippen molar-refractivity contribution in [2.45, 2.75) is 25.9 Å². The summed E-state index contributed by atoms with van der Waals surface area (Å²) in [5, 5.41) is 4.04. The number of nitrogens with one attached hydrogen (secondary N) is 2. The minimum absolute atomic E-state index is 0.0882. The molecule has 3 aromatic rings. The number of hydrogen-bond donors (Lipinski definition) is 2. The van der Waals surface area contributed by atoms with Gasteiger partial charge in [-0.3, -0.25) is 4.98 Å². The Bertz CT molecular complexity index is 987. The molecule has 2 atom stereocenters. The first-order chi connectivity index (χ1) is 13.0. The number of aromatic amines is 1. The van der Waals surface area contributed by atoms with E-state index >= 15 is 0 Å². The molecule has 1 aliphatic rings. The van der Waals surface area contributed by atoms with E-state index in [2.05, 4.69) is 56.6 Å². The van der Waals surface area contributed by atoms with E-state index in [9.17, 15) is 4.39 Å². The molecule has 0 amide bonds. The van der Waals surface area contributed by atoms with E-state index in [0.29, 0.717) is 5.11 Å². The maximum Gasteiger partial charge on any atom is 0.174 e. The van der Waals surface area contributed by atoms with E-state index in [4.69, 9.17) is 12.2 Å². The van der Waals surface area contributed by atoms with Crippen LogP contribution in [0.5, 0.6) is 0 Å². The molecule has 1 saturated heterocycles. The Hall–Kier alpha value is -2.00. The number of hydrogen-bond acceptors (Lipinski definition) is 2. The molecule has 138 valence electrons. The van der Waals surface area contributed by atoms with Gasteiger partial charge in [0, 0.05) is 32.4 Å². The molecule has 27 heavy (non-hydrogen) atoms. The van der Waals surface area contributed by atoms with Gasteiger partial charge < -0.3 is 15.2 Å². The van der Waals surface area contributed by atoms with Crippen LogP contribution in [0.2, 0.25) is 0 Å². The van der Waals surface area contributed by atoms with Crippen molar-refractivity contribution in [1.29, 1.82) is 0 Å². The van der Waals surface area contributed by atoms with Gasteiger partial charge in [0.2, 0.25) is 0 Å². The summed E-state index contributed by atoms with van der Waals surface area (Å²) in [5.41, 5.74) is 5.18. The van der Waals surface area contributed by atoms with Crippen LogP contribution in [0, 0.1) is 23.2 Å². The zero-order chi connectivity index (χ0) is 19.1. The van der Waals surface area contributed by atoms with Gasteiger partial charge >= 0.3 is 0 Å². The van der Waals surface area contributed by atoms with Gasteiger partial charge in [-0.05, 0) is 85.1 Å². The molecule has 2 aromatic heterocycles. The van der Waals surface area contributed by atoms with Crippen molar-refractivity contribution in [2.24, 2.45) is 0 Å². The number of H-pyrrole nitrogens is 1. The lowest BCUT2D eigenvalue weighted by Crippen LogP contribution is -2.29. The highest BCUT2D eigenvalue weighted by atomic mass is 127. The van der Waals surface area contributed by atoms with Crippen LogP contribution in [-0.2, 0) is 0 Å². The zero-order valence-corrected chi connectivity index (χ0v) is 17.8. The lowest BCUT2D eigenvalue weighted by molar-refractivity contribution is 0.564. The largest absolute Gasteiger partial charge is 0.362 e. The lowest BCUT2D eigenvalue weighted by atomic mass is 9.96. The van der Waals surface area contributed by atoms with Crippen molar-refractivity contribution in [3.63, 3.8) is 0 Å². The normalized spacial score (nSPS) is 19.4. The van der Waals surface area contributed by atoms with Gasteiger partial charge in [-0.1, -0.05) is 6.07 Å². The topological polar surface area (TPSA) is 44.0 Å². The van der Waals surface area contributed by atoms with Gasteiger partial charge in [-0.25, -0.2) is 4.39 Å². The first kappa shape index (κ1) is 18.4. The summed E-state index contributed by atoms with van der Waals surface area (Å²) >= 11 is 8.06. The molecule has 4 nitrogen and oxygen atoms in total. The van der Waals surface area contributed by atoms with Gasteiger partial charge in [0.15, 0.2) is 5.11 Å². The zero-order valence-electron chi connectivity index (χ0n) is 14.8.